The number of carboxylic acid groups (broad SMARTS) is 1. The number of hydrogen-bond acceptors (Lipinski definition) is 7. The van der Waals surface area contributed by atoms with Gasteiger partial charge in [-0.2, -0.15) is 0 Å². The van der Waals surface area contributed by atoms with Crippen molar-refractivity contribution in [1.29, 1.82) is 0 Å². The summed E-state index contributed by atoms with van der Waals surface area (Å²) in [6.45, 7) is 6.72. The van der Waals surface area contributed by atoms with Crippen LogP contribution in [-0.4, -0.2) is 82.2 Å². The highest BCUT2D eigenvalue weighted by molar-refractivity contribution is 8.03. The summed E-state index contributed by atoms with van der Waals surface area (Å²) in [6, 6.07) is 0.255. The summed E-state index contributed by atoms with van der Waals surface area (Å²) in [7, 11) is 2.15. The molecule has 0 aromatic carbocycles. The molecule has 1 unspecified atom stereocenters. The Labute approximate surface area is 169 Å². The van der Waals surface area contributed by atoms with E-state index in [1.807, 2.05) is 6.92 Å². The first kappa shape index (κ1) is 20.0. The largest absolute Gasteiger partial charge is 0.512 e. The molecular weight excluding hydrogens is 382 g/mol. The highest BCUT2D eigenvalue weighted by Gasteiger charge is 2.60. The molecule has 156 valence electrons. The van der Waals surface area contributed by atoms with E-state index in [4.69, 9.17) is 9.84 Å². The van der Waals surface area contributed by atoms with E-state index in [9.17, 15) is 14.7 Å². The average molecular weight is 412 g/mol. The number of aliphatic hydroxyl groups excluding tert-OH is 1. The summed E-state index contributed by atoms with van der Waals surface area (Å²) in [4.78, 5) is 28.3. The van der Waals surface area contributed by atoms with Gasteiger partial charge in [0, 0.05) is 30.3 Å². The van der Waals surface area contributed by atoms with Crippen LogP contribution < -0.4 is 5.32 Å². The van der Waals surface area contributed by atoms with Crippen LogP contribution in [-0.2, 0) is 9.53 Å². The molecule has 0 aromatic rings. The summed E-state index contributed by atoms with van der Waals surface area (Å²) in [5.74, 6) is 0.00907. The third kappa shape index (κ3) is 3.32. The lowest BCUT2D eigenvalue weighted by molar-refractivity contribution is -0.163. The number of rotatable bonds is 5. The summed E-state index contributed by atoms with van der Waals surface area (Å²) in [5, 5.41) is 23.1. The molecule has 0 bridgehead atoms. The average Bonchev–Trinajstić information content (AvgIpc) is 3.28. The van der Waals surface area contributed by atoms with Crippen molar-refractivity contribution in [2.75, 3.05) is 26.7 Å². The summed E-state index contributed by atoms with van der Waals surface area (Å²) >= 11 is 1.64. The number of nitrogens with zero attached hydrogens (tertiary/aromatic N) is 2. The van der Waals surface area contributed by atoms with Crippen LogP contribution in [0.5, 0.6) is 0 Å². The zero-order valence-corrected chi connectivity index (χ0v) is 17.3. The SMILES string of the molecule is C[C@@H](O)[C@H]1C(=O)N2C(OC(=O)O)=C(S[C@@H]3CN[C@H](C4CCN(C)C4)C3)[C@H](C)[C@H]12. The maximum Gasteiger partial charge on any atom is 0.512 e. The van der Waals surface area contributed by atoms with Crippen molar-refractivity contribution >= 4 is 23.8 Å². The van der Waals surface area contributed by atoms with Crippen molar-refractivity contribution in [3.8, 4) is 0 Å². The Morgan fingerprint density at radius 1 is 1.43 bits per heavy atom. The van der Waals surface area contributed by atoms with E-state index in [1.54, 1.807) is 18.7 Å². The number of fused-ring (bicyclic) bond motifs is 1. The summed E-state index contributed by atoms with van der Waals surface area (Å²) in [5.41, 5.74) is 0. The Morgan fingerprint density at radius 2 is 2.18 bits per heavy atom. The predicted molar refractivity (Wildman–Crippen MR) is 104 cm³/mol. The number of carbonyl (C=O) groups is 2. The van der Waals surface area contributed by atoms with Crippen LogP contribution in [0, 0.1) is 17.8 Å². The molecule has 0 spiro atoms. The van der Waals surface area contributed by atoms with Crippen molar-refractivity contribution in [3.63, 3.8) is 0 Å². The van der Waals surface area contributed by atoms with Crippen molar-refractivity contribution in [2.45, 2.75) is 50.1 Å². The molecule has 3 saturated heterocycles. The van der Waals surface area contributed by atoms with E-state index < -0.39 is 18.2 Å². The molecule has 0 radical (unpaired) electrons. The molecule has 28 heavy (non-hydrogen) atoms. The van der Waals surface area contributed by atoms with Crippen LogP contribution in [0.25, 0.3) is 0 Å². The fourth-order valence-electron chi connectivity index (χ4n) is 5.26. The van der Waals surface area contributed by atoms with Gasteiger partial charge in [-0.05, 0) is 39.3 Å². The smallest absolute Gasteiger partial charge is 0.449 e. The zero-order valence-electron chi connectivity index (χ0n) is 16.5. The molecular formula is C19H29N3O5S. The van der Waals surface area contributed by atoms with Crippen molar-refractivity contribution in [3.05, 3.63) is 10.8 Å². The number of carbonyl (C=O) groups excluding carboxylic acids is 1. The molecule has 4 heterocycles. The molecule has 0 aliphatic carbocycles. The number of β-lactam (4-membered cyclic amide) rings is 1. The van der Waals surface area contributed by atoms with Crippen LogP contribution >= 0.6 is 11.8 Å². The number of thioether (sulfide) groups is 1. The number of ether oxygens (including phenoxy) is 1. The second-order valence-corrected chi connectivity index (χ2v) is 9.93. The molecule has 3 fully saturated rings. The Kier molecular flexibility index (Phi) is 5.37. The quantitative estimate of drug-likeness (QED) is 0.457. The lowest BCUT2D eigenvalue weighted by atomic mass is 9.79. The Hall–Kier alpha value is -1.29. The number of hydrogen-bond donors (Lipinski definition) is 3. The lowest BCUT2D eigenvalue weighted by Crippen LogP contribution is -2.63. The lowest BCUT2D eigenvalue weighted by Gasteiger charge is -2.45. The van der Waals surface area contributed by atoms with Gasteiger partial charge in [0.25, 0.3) is 0 Å². The standard InChI is InChI=1S/C19H29N3O5S/c1-9-15-14(10(2)23)17(24)22(15)18(27-19(25)26)16(9)28-12-6-13(20-7-12)11-4-5-21(3)8-11/h9-15,20,23H,4-8H2,1-3H3,(H,25,26)/t9-,10-,11?,12+,13+,14-,15-/m1/s1. The molecule has 8 nitrogen and oxygen atoms in total. The van der Waals surface area contributed by atoms with Gasteiger partial charge in [-0.3, -0.25) is 9.69 Å². The van der Waals surface area contributed by atoms with E-state index in [2.05, 4.69) is 17.3 Å². The number of aliphatic hydroxyl groups is 1. The van der Waals surface area contributed by atoms with Gasteiger partial charge in [0.1, 0.15) is 0 Å². The van der Waals surface area contributed by atoms with Gasteiger partial charge in [0.15, 0.2) is 0 Å². The van der Waals surface area contributed by atoms with Crippen LogP contribution in [0.1, 0.15) is 26.7 Å². The number of amides is 1. The van der Waals surface area contributed by atoms with Gasteiger partial charge < -0.3 is 25.2 Å². The third-order valence-corrected chi connectivity index (χ3v) is 8.16. The molecule has 4 aliphatic heterocycles. The maximum atomic E-state index is 12.5. The molecule has 4 rings (SSSR count). The Balaban J connectivity index is 1.48. The highest BCUT2D eigenvalue weighted by atomic mass is 32.2. The fourth-order valence-corrected chi connectivity index (χ4v) is 6.70. The van der Waals surface area contributed by atoms with Gasteiger partial charge in [0.05, 0.1) is 23.0 Å². The monoisotopic (exact) mass is 411 g/mol. The van der Waals surface area contributed by atoms with E-state index in [1.165, 1.54) is 11.3 Å². The minimum Gasteiger partial charge on any atom is -0.449 e. The zero-order chi connectivity index (χ0) is 20.2. The minimum absolute atomic E-state index is 0.0479. The molecule has 0 saturated carbocycles. The Bertz CT molecular complexity index is 699. The van der Waals surface area contributed by atoms with Crippen LogP contribution in [0.15, 0.2) is 10.8 Å². The van der Waals surface area contributed by atoms with Crippen molar-refractivity contribution in [1.82, 2.24) is 15.1 Å². The van der Waals surface area contributed by atoms with E-state index in [-0.39, 0.29) is 23.8 Å². The number of nitrogens with one attached hydrogen (secondary N) is 1. The second kappa shape index (κ2) is 7.51. The van der Waals surface area contributed by atoms with Gasteiger partial charge in [0.2, 0.25) is 11.8 Å². The first-order valence-corrected chi connectivity index (χ1v) is 10.9. The molecule has 3 N–H and O–H groups in total. The van der Waals surface area contributed by atoms with Gasteiger partial charge >= 0.3 is 6.16 Å². The molecule has 7 atom stereocenters. The van der Waals surface area contributed by atoms with Gasteiger partial charge in [-0.25, -0.2) is 4.79 Å². The molecule has 4 aliphatic rings. The first-order valence-electron chi connectivity index (χ1n) is 10.0. The first-order chi connectivity index (χ1) is 13.3. The summed E-state index contributed by atoms with van der Waals surface area (Å²) in [6.07, 6.45) is 0.0607. The van der Waals surface area contributed by atoms with Gasteiger partial charge in [-0.1, -0.05) is 6.92 Å². The molecule has 9 heteroatoms. The maximum absolute atomic E-state index is 12.5. The van der Waals surface area contributed by atoms with Crippen LogP contribution in [0.2, 0.25) is 0 Å². The van der Waals surface area contributed by atoms with Gasteiger partial charge in [-0.15, -0.1) is 11.8 Å². The van der Waals surface area contributed by atoms with Crippen LogP contribution in [0.4, 0.5) is 4.79 Å². The fraction of sp³-hybridized carbons (Fsp3) is 0.789. The minimum atomic E-state index is -1.41. The number of likely N-dealkylation sites (tertiary alicyclic amines) is 1. The third-order valence-electron chi connectivity index (χ3n) is 6.66. The molecule has 0 aromatic heterocycles. The van der Waals surface area contributed by atoms with E-state index in [0.717, 1.165) is 31.0 Å². The predicted octanol–water partition coefficient (Wildman–Crippen LogP) is 1.12. The van der Waals surface area contributed by atoms with E-state index in [0.29, 0.717) is 17.2 Å². The van der Waals surface area contributed by atoms with Crippen LogP contribution in [0.3, 0.4) is 0 Å². The molecule has 1 amide bonds. The topological polar surface area (TPSA) is 102 Å². The highest BCUT2D eigenvalue weighted by Crippen LogP contribution is 2.52. The van der Waals surface area contributed by atoms with Crippen molar-refractivity contribution in [2.24, 2.45) is 17.8 Å². The Morgan fingerprint density at radius 3 is 2.79 bits per heavy atom. The van der Waals surface area contributed by atoms with E-state index >= 15 is 0 Å². The normalized spacial score (nSPS) is 39.3. The van der Waals surface area contributed by atoms with Crippen molar-refractivity contribution < 1.29 is 24.5 Å². The summed E-state index contributed by atoms with van der Waals surface area (Å²) < 4.78 is 5.05. The second-order valence-electron chi connectivity index (χ2n) is 8.59.